The van der Waals surface area contributed by atoms with Crippen LogP contribution in [-0.2, 0) is 0 Å². The summed E-state index contributed by atoms with van der Waals surface area (Å²) in [7, 11) is 1.72. The molecule has 1 saturated carbocycles. The fourth-order valence-electron chi connectivity index (χ4n) is 2.01. The molecule has 2 aromatic rings. The number of nitrogens with one attached hydrogen (secondary N) is 1. The Bertz CT molecular complexity index is 672. The van der Waals surface area contributed by atoms with Crippen LogP contribution in [0.4, 0.5) is 14.6 Å². The van der Waals surface area contributed by atoms with Gasteiger partial charge in [0.2, 0.25) is 0 Å². The van der Waals surface area contributed by atoms with Gasteiger partial charge in [0.25, 0.3) is 0 Å². The van der Waals surface area contributed by atoms with Gasteiger partial charge in [0.15, 0.2) is 0 Å². The van der Waals surface area contributed by atoms with Crippen LogP contribution in [-0.4, -0.2) is 17.0 Å². The molecule has 0 amide bonds. The molecule has 20 heavy (non-hydrogen) atoms. The van der Waals surface area contributed by atoms with Crippen LogP contribution in [0.3, 0.4) is 0 Å². The smallest absolute Gasteiger partial charge is 0.149 e. The van der Waals surface area contributed by atoms with E-state index in [4.69, 9.17) is 0 Å². The number of halogens is 3. The SMILES string of the molecule is CNc1cc(-c2c(F)ccc(Br)c2F)nc(C2CC2)n1. The topological polar surface area (TPSA) is 37.8 Å². The van der Waals surface area contributed by atoms with Crippen LogP contribution in [0, 0.1) is 11.6 Å². The molecule has 1 aliphatic rings. The zero-order chi connectivity index (χ0) is 14.3. The molecule has 3 rings (SSSR count). The van der Waals surface area contributed by atoms with E-state index in [1.54, 1.807) is 13.1 Å². The molecule has 0 saturated heterocycles. The van der Waals surface area contributed by atoms with Crippen molar-refractivity contribution in [3.63, 3.8) is 0 Å². The third-order valence-corrected chi connectivity index (χ3v) is 3.85. The van der Waals surface area contributed by atoms with Crippen LogP contribution >= 0.6 is 15.9 Å². The van der Waals surface area contributed by atoms with Crippen LogP contribution in [0.25, 0.3) is 11.3 Å². The maximum Gasteiger partial charge on any atom is 0.149 e. The number of anilines is 1. The van der Waals surface area contributed by atoms with Crippen molar-refractivity contribution in [1.29, 1.82) is 0 Å². The van der Waals surface area contributed by atoms with Crippen molar-refractivity contribution in [1.82, 2.24) is 9.97 Å². The van der Waals surface area contributed by atoms with Crippen molar-refractivity contribution >= 4 is 21.7 Å². The van der Waals surface area contributed by atoms with Crippen molar-refractivity contribution in [2.45, 2.75) is 18.8 Å². The van der Waals surface area contributed by atoms with Gasteiger partial charge in [-0.3, -0.25) is 0 Å². The van der Waals surface area contributed by atoms with E-state index in [-0.39, 0.29) is 15.7 Å². The first kappa shape index (κ1) is 13.4. The van der Waals surface area contributed by atoms with Crippen molar-refractivity contribution in [2.75, 3.05) is 12.4 Å². The molecule has 0 radical (unpaired) electrons. The Morgan fingerprint density at radius 1 is 1.25 bits per heavy atom. The van der Waals surface area contributed by atoms with Gasteiger partial charge in [-0.2, -0.15) is 0 Å². The Morgan fingerprint density at radius 2 is 2.00 bits per heavy atom. The molecule has 1 aromatic carbocycles. The van der Waals surface area contributed by atoms with Gasteiger partial charge in [-0.15, -0.1) is 0 Å². The van der Waals surface area contributed by atoms with E-state index >= 15 is 0 Å². The second-order valence-corrected chi connectivity index (χ2v) is 5.59. The molecule has 1 aromatic heterocycles. The summed E-state index contributed by atoms with van der Waals surface area (Å²) in [6.07, 6.45) is 2.05. The lowest BCUT2D eigenvalue weighted by Gasteiger charge is -2.10. The van der Waals surface area contributed by atoms with Crippen molar-refractivity contribution in [2.24, 2.45) is 0 Å². The van der Waals surface area contributed by atoms with E-state index in [0.717, 1.165) is 12.8 Å². The molecule has 0 unspecified atom stereocenters. The Hall–Kier alpha value is -1.56. The van der Waals surface area contributed by atoms with Crippen molar-refractivity contribution in [3.8, 4) is 11.3 Å². The van der Waals surface area contributed by atoms with E-state index in [1.165, 1.54) is 12.1 Å². The van der Waals surface area contributed by atoms with Gasteiger partial charge in [0.1, 0.15) is 23.3 Å². The number of hydrogen-bond donors (Lipinski definition) is 1. The van der Waals surface area contributed by atoms with Gasteiger partial charge in [-0.05, 0) is 40.9 Å². The van der Waals surface area contributed by atoms with Gasteiger partial charge in [-0.25, -0.2) is 18.7 Å². The van der Waals surface area contributed by atoms with Crippen LogP contribution < -0.4 is 5.32 Å². The molecule has 1 fully saturated rings. The monoisotopic (exact) mass is 339 g/mol. The number of hydrogen-bond acceptors (Lipinski definition) is 3. The van der Waals surface area contributed by atoms with Gasteiger partial charge in [0.05, 0.1) is 15.7 Å². The minimum absolute atomic E-state index is 0.125. The predicted molar refractivity (Wildman–Crippen MR) is 76.6 cm³/mol. The summed E-state index contributed by atoms with van der Waals surface area (Å²) in [5, 5.41) is 2.91. The minimum atomic E-state index is -0.646. The molecule has 104 valence electrons. The minimum Gasteiger partial charge on any atom is -0.373 e. The largest absolute Gasteiger partial charge is 0.373 e. The highest BCUT2D eigenvalue weighted by Gasteiger charge is 2.28. The van der Waals surface area contributed by atoms with Gasteiger partial charge < -0.3 is 5.32 Å². The summed E-state index contributed by atoms with van der Waals surface area (Å²) in [6.45, 7) is 0. The summed E-state index contributed by atoms with van der Waals surface area (Å²) in [6, 6.07) is 4.12. The van der Waals surface area contributed by atoms with E-state index in [0.29, 0.717) is 17.6 Å². The second kappa shape index (κ2) is 5.09. The van der Waals surface area contributed by atoms with E-state index < -0.39 is 11.6 Å². The highest BCUT2D eigenvalue weighted by molar-refractivity contribution is 9.10. The Labute approximate surface area is 123 Å². The third-order valence-electron chi connectivity index (χ3n) is 3.24. The normalized spacial score (nSPS) is 14.4. The average Bonchev–Trinajstić information content (AvgIpc) is 3.27. The Balaban J connectivity index is 2.18. The lowest BCUT2D eigenvalue weighted by molar-refractivity contribution is 0.584. The Morgan fingerprint density at radius 3 is 2.65 bits per heavy atom. The zero-order valence-electron chi connectivity index (χ0n) is 10.8. The summed E-state index contributed by atoms with van der Waals surface area (Å²) >= 11 is 3.07. The molecule has 0 bridgehead atoms. The molecule has 1 aliphatic carbocycles. The first-order valence-electron chi connectivity index (χ1n) is 6.30. The van der Waals surface area contributed by atoms with Crippen LogP contribution in [0.15, 0.2) is 22.7 Å². The number of benzene rings is 1. The summed E-state index contributed by atoms with van der Waals surface area (Å²) in [5.41, 5.74) is 0.141. The van der Waals surface area contributed by atoms with E-state index in [9.17, 15) is 8.78 Å². The zero-order valence-corrected chi connectivity index (χ0v) is 12.3. The van der Waals surface area contributed by atoms with Crippen molar-refractivity contribution < 1.29 is 8.78 Å². The summed E-state index contributed by atoms with van der Waals surface area (Å²) < 4.78 is 28.3. The Kier molecular flexibility index (Phi) is 3.41. The van der Waals surface area contributed by atoms with Gasteiger partial charge >= 0.3 is 0 Å². The van der Waals surface area contributed by atoms with Crippen LogP contribution in [0.1, 0.15) is 24.6 Å². The second-order valence-electron chi connectivity index (χ2n) is 4.74. The highest BCUT2D eigenvalue weighted by atomic mass is 79.9. The molecule has 0 aliphatic heterocycles. The molecule has 1 heterocycles. The fourth-order valence-corrected chi connectivity index (χ4v) is 2.34. The predicted octanol–water partition coefficient (Wildman–Crippen LogP) is 4.10. The number of aromatic nitrogens is 2. The fraction of sp³-hybridized carbons (Fsp3) is 0.286. The molecule has 3 nitrogen and oxygen atoms in total. The highest BCUT2D eigenvalue weighted by Crippen LogP contribution is 2.40. The molecular formula is C14H12BrF2N3. The summed E-state index contributed by atoms with van der Waals surface area (Å²) in [5.74, 6) is 0.238. The molecule has 6 heteroatoms. The maximum atomic E-state index is 14.2. The third kappa shape index (κ3) is 2.40. The van der Waals surface area contributed by atoms with Crippen LogP contribution in [0.2, 0.25) is 0 Å². The lowest BCUT2D eigenvalue weighted by Crippen LogP contribution is -2.02. The average molecular weight is 340 g/mol. The number of nitrogens with zero attached hydrogens (tertiary/aromatic N) is 2. The van der Waals surface area contributed by atoms with Gasteiger partial charge in [-0.1, -0.05) is 0 Å². The quantitative estimate of drug-likeness (QED) is 0.855. The molecule has 0 spiro atoms. The van der Waals surface area contributed by atoms with E-state index in [2.05, 4.69) is 31.2 Å². The first-order chi connectivity index (χ1) is 9.60. The van der Waals surface area contributed by atoms with Crippen LogP contribution in [0.5, 0.6) is 0 Å². The van der Waals surface area contributed by atoms with E-state index in [1.807, 2.05) is 0 Å². The molecule has 0 atom stereocenters. The van der Waals surface area contributed by atoms with Gasteiger partial charge in [0, 0.05) is 19.0 Å². The molecule has 1 N–H and O–H groups in total. The molecular weight excluding hydrogens is 328 g/mol. The maximum absolute atomic E-state index is 14.2. The lowest BCUT2D eigenvalue weighted by atomic mass is 10.1. The first-order valence-corrected chi connectivity index (χ1v) is 7.10. The number of rotatable bonds is 3. The standard InChI is InChI=1S/C14H12BrF2N3/c1-18-11-6-10(19-14(20-11)7-2-3-7)12-9(16)5-4-8(15)13(12)17/h4-7H,2-3H2,1H3,(H,18,19,20). The summed E-state index contributed by atoms with van der Waals surface area (Å²) in [4.78, 5) is 8.67. The van der Waals surface area contributed by atoms with Crippen molar-refractivity contribution in [3.05, 3.63) is 40.1 Å².